The molecule has 0 aromatic heterocycles. The van der Waals surface area contributed by atoms with Crippen molar-refractivity contribution in [3.8, 4) is 0 Å². The molecular weight excluding hydrogens is 172 g/mol. The third-order valence-corrected chi connectivity index (χ3v) is 2.59. The van der Waals surface area contributed by atoms with E-state index < -0.39 is 0 Å². The second kappa shape index (κ2) is 2.94. The first kappa shape index (κ1) is 7.87. The third-order valence-electron chi connectivity index (χ3n) is 2.32. The molecule has 12 heavy (non-hydrogen) atoms. The molecule has 1 unspecified atom stereocenters. The van der Waals surface area contributed by atoms with Gasteiger partial charge < -0.3 is 5.73 Å². The zero-order chi connectivity index (χ0) is 8.55. The number of allylic oxidation sites excluding steroid dienone is 4. The van der Waals surface area contributed by atoms with Gasteiger partial charge in [-0.25, -0.2) is 4.99 Å². The summed E-state index contributed by atoms with van der Waals surface area (Å²) in [7, 11) is 0. The fourth-order valence-corrected chi connectivity index (χ4v) is 1.86. The number of fused-ring (bicyclic) bond motifs is 1. The maximum Gasteiger partial charge on any atom is 0.106 e. The number of rotatable bonds is 0. The van der Waals surface area contributed by atoms with Crippen LogP contribution < -0.4 is 5.73 Å². The summed E-state index contributed by atoms with van der Waals surface area (Å²) in [5, 5.41) is 0.728. The fourth-order valence-electron chi connectivity index (χ4n) is 1.65. The molecule has 0 saturated heterocycles. The van der Waals surface area contributed by atoms with Gasteiger partial charge in [0, 0.05) is 23.7 Å². The molecule has 2 rings (SSSR count). The predicted octanol–water partition coefficient (Wildman–Crippen LogP) is 2.16. The number of hydrogen-bond donors (Lipinski definition) is 1. The van der Waals surface area contributed by atoms with Crippen LogP contribution in [0.5, 0.6) is 0 Å². The molecule has 64 valence electrons. The minimum absolute atomic E-state index is 0.512. The van der Waals surface area contributed by atoms with Crippen LogP contribution in [0.25, 0.3) is 0 Å². The molecule has 2 N–H and O–H groups in total. The van der Waals surface area contributed by atoms with E-state index in [1.807, 2.05) is 12.2 Å². The standard InChI is InChI=1S/C9H11ClN2/c10-9-4-1-6-5-7(11)2-3-8(6)12-9/h2-3,6H,1,4-5,11H2. The van der Waals surface area contributed by atoms with E-state index in [0.29, 0.717) is 5.92 Å². The lowest BCUT2D eigenvalue weighted by Crippen LogP contribution is -2.17. The number of nitrogens with two attached hydrogens (primary N) is 1. The summed E-state index contributed by atoms with van der Waals surface area (Å²) in [4.78, 5) is 4.28. The molecule has 0 bridgehead atoms. The van der Waals surface area contributed by atoms with Crippen molar-refractivity contribution in [2.24, 2.45) is 16.6 Å². The van der Waals surface area contributed by atoms with Gasteiger partial charge in [0.25, 0.3) is 0 Å². The van der Waals surface area contributed by atoms with Gasteiger partial charge in [-0.15, -0.1) is 0 Å². The summed E-state index contributed by atoms with van der Waals surface area (Å²) in [6.45, 7) is 0. The van der Waals surface area contributed by atoms with E-state index in [0.717, 1.165) is 35.8 Å². The van der Waals surface area contributed by atoms with Crippen molar-refractivity contribution in [3.63, 3.8) is 0 Å². The maximum absolute atomic E-state index is 5.83. The van der Waals surface area contributed by atoms with Crippen LogP contribution in [0.2, 0.25) is 0 Å². The highest BCUT2D eigenvalue weighted by Crippen LogP contribution is 2.32. The van der Waals surface area contributed by atoms with Gasteiger partial charge in [0.05, 0.1) is 0 Å². The Balaban J connectivity index is 2.29. The average Bonchev–Trinajstić information content (AvgIpc) is 2.05. The highest BCUT2D eigenvalue weighted by Gasteiger charge is 2.22. The number of nitrogens with zero attached hydrogens (tertiary/aromatic N) is 1. The molecule has 0 radical (unpaired) electrons. The molecule has 1 aliphatic carbocycles. The second-order valence-electron chi connectivity index (χ2n) is 3.26. The Hall–Kier alpha value is -0.760. The van der Waals surface area contributed by atoms with E-state index in [1.165, 1.54) is 0 Å². The highest BCUT2D eigenvalue weighted by molar-refractivity contribution is 6.65. The van der Waals surface area contributed by atoms with Gasteiger partial charge in [0.1, 0.15) is 5.17 Å². The van der Waals surface area contributed by atoms with E-state index in [-0.39, 0.29) is 0 Å². The maximum atomic E-state index is 5.83. The van der Waals surface area contributed by atoms with Crippen LogP contribution in [-0.2, 0) is 0 Å². The van der Waals surface area contributed by atoms with Crippen molar-refractivity contribution in [2.45, 2.75) is 19.3 Å². The molecule has 0 spiro atoms. The first-order valence-corrected chi connectivity index (χ1v) is 4.53. The van der Waals surface area contributed by atoms with E-state index in [9.17, 15) is 0 Å². The SMILES string of the molecule is NC1=CC=C2N=C(Cl)CCC2C1. The smallest absolute Gasteiger partial charge is 0.106 e. The van der Waals surface area contributed by atoms with Crippen LogP contribution >= 0.6 is 11.6 Å². The van der Waals surface area contributed by atoms with Crippen molar-refractivity contribution in [3.05, 3.63) is 23.5 Å². The molecule has 2 nitrogen and oxygen atoms in total. The van der Waals surface area contributed by atoms with Gasteiger partial charge in [-0.2, -0.15) is 0 Å². The normalized spacial score (nSPS) is 28.4. The van der Waals surface area contributed by atoms with Crippen molar-refractivity contribution in [1.29, 1.82) is 0 Å². The van der Waals surface area contributed by atoms with Gasteiger partial charge in [0.2, 0.25) is 0 Å². The Morgan fingerprint density at radius 1 is 1.50 bits per heavy atom. The number of hydrogen-bond acceptors (Lipinski definition) is 2. The molecule has 1 heterocycles. The summed E-state index contributed by atoms with van der Waals surface area (Å²) >= 11 is 5.83. The van der Waals surface area contributed by atoms with Crippen LogP contribution in [0, 0.1) is 5.92 Å². The Morgan fingerprint density at radius 2 is 2.33 bits per heavy atom. The van der Waals surface area contributed by atoms with Gasteiger partial charge >= 0.3 is 0 Å². The molecular formula is C9H11ClN2. The van der Waals surface area contributed by atoms with Crippen LogP contribution in [-0.4, -0.2) is 5.17 Å². The molecule has 0 amide bonds. The molecule has 0 fully saturated rings. The van der Waals surface area contributed by atoms with Crippen molar-refractivity contribution in [1.82, 2.24) is 0 Å². The second-order valence-corrected chi connectivity index (χ2v) is 3.70. The first-order chi connectivity index (χ1) is 5.75. The molecule has 1 atom stereocenters. The molecule has 1 aliphatic heterocycles. The Bertz CT molecular complexity index is 289. The summed E-state index contributed by atoms with van der Waals surface area (Å²) in [5.74, 6) is 0.512. The fraction of sp³-hybridized carbons (Fsp3) is 0.444. The lowest BCUT2D eigenvalue weighted by molar-refractivity contribution is 0.540. The van der Waals surface area contributed by atoms with Crippen molar-refractivity contribution in [2.75, 3.05) is 0 Å². The Kier molecular flexibility index (Phi) is 1.93. The van der Waals surface area contributed by atoms with Gasteiger partial charge in [-0.1, -0.05) is 11.6 Å². The van der Waals surface area contributed by atoms with E-state index in [1.54, 1.807) is 0 Å². The molecule has 0 aromatic rings. The van der Waals surface area contributed by atoms with Crippen LogP contribution in [0.4, 0.5) is 0 Å². The zero-order valence-corrected chi connectivity index (χ0v) is 7.51. The highest BCUT2D eigenvalue weighted by atomic mass is 35.5. The molecule has 2 aliphatic rings. The van der Waals surface area contributed by atoms with Gasteiger partial charge in [0.15, 0.2) is 0 Å². The predicted molar refractivity (Wildman–Crippen MR) is 51.0 cm³/mol. The van der Waals surface area contributed by atoms with Crippen LogP contribution in [0.3, 0.4) is 0 Å². The minimum Gasteiger partial charge on any atom is -0.402 e. The summed E-state index contributed by atoms with van der Waals surface area (Å²) in [6.07, 6.45) is 6.83. The third kappa shape index (κ3) is 1.39. The van der Waals surface area contributed by atoms with Crippen LogP contribution in [0.1, 0.15) is 19.3 Å². The number of aliphatic imine (C=N–C) groups is 1. The average molecular weight is 183 g/mol. The largest absolute Gasteiger partial charge is 0.402 e. The lowest BCUT2D eigenvalue weighted by Gasteiger charge is -2.24. The monoisotopic (exact) mass is 182 g/mol. The summed E-state index contributed by atoms with van der Waals surface area (Å²) in [6, 6.07) is 0. The van der Waals surface area contributed by atoms with E-state index in [2.05, 4.69) is 4.99 Å². The number of halogens is 1. The summed E-state index contributed by atoms with van der Waals surface area (Å²) in [5.41, 5.74) is 7.76. The van der Waals surface area contributed by atoms with Crippen molar-refractivity contribution < 1.29 is 0 Å². The van der Waals surface area contributed by atoms with Gasteiger partial charge in [-0.3, -0.25) is 0 Å². The quantitative estimate of drug-likeness (QED) is 0.613. The molecule has 3 heteroatoms. The molecule has 0 aromatic carbocycles. The first-order valence-electron chi connectivity index (χ1n) is 4.15. The zero-order valence-electron chi connectivity index (χ0n) is 6.76. The van der Waals surface area contributed by atoms with E-state index in [4.69, 9.17) is 17.3 Å². The Labute approximate surface area is 76.8 Å². The van der Waals surface area contributed by atoms with Gasteiger partial charge in [-0.05, 0) is 25.0 Å². The topological polar surface area (TPSA) is 38.4 Å². The minimum atomic E-state index is 0.512. The Morgan fingerprint density at radius 3 is 3.17 bits per heavy atom. The van der Waals surface area contributed by atoms with E-state index >= 15 is 0 Å². The van der Waals surface area contributed by atoms with Crippen LogP contribution in [0.15, 0.2) is 28.5 Å². The molecule has 0 saturated carbocycles. The lowest BCUT2D eigenvalue weighted by atomic mass is 9.89. The summed E-state index contributed by atoms with van der Waals surface area (Å²) < 4.78 is 0. The van der Waals surface area contributed by atoms with Crippen molar-refractivity contribution >= 4 is 16.8 Å².